The standard InChI is InChI=1S/C10H14N2O2/c1-3-4-5-6-11-10(13)9-8(2)7-12-14-9/h3-4,7H,5-6H2,1-2H3,(H,11,13)/b4-3+. The highest BCUT2D eigenvalue weighted by atomic mass is 16.5. The lowest BCUT2D eigenvalue weighted by Crippen LogP contribution is -2.24. The number of rotatable bonds is 4. The number of aromatic nitrogens is 1. The molecule has 0 spiro atoms. The molecular formula is C10H14N2O2. The van der Waals surface area contributed by atoms with E-state index in [2.05, 4.69) is 10.5 Å². The summed E-state index contributed by atoms with van der Waals surface area (Å²) in [5.74, 6) is 0.0926. The average Bonchev–Trinajstić information content (AvgIpc) is 2.59. The SMILES string of the molecule is C/C=C/CCNC(=O)c1oncc1C. The number of amides is 1. The molecule has 0 aliphatic carbocycles. The zero-order valence-electron chi connectivity index (χ0n) is 8.41. The largest absolute Gasteiger partial charge is 0.351 e. The van der Waals surface area contributed by atoms with E-state index >= 15 is 0 Å². The van der Waals surface area contributed by atoms with E-state index in [1.807, 2.05) is 19.1 Å². The number of nitrogens with one attached hydrogen (secondary N) is 1. The lowest BCUT2D eigenvalue weighted by Gasteiger charge is -1.99. The first kappa shape index (κ1) is 10.5. The molecule has 1 amide bonds. The first-order chi connectivity index (χ1) is 6.75. The van der Waals surface area contributed by atoms with Crippen molar-refractivity contribution in [2.24, 2.45) is 0 Å². The number of hydrogen-bond donors (Lipinski definition) is 1. The molecule has 1 rings (SSSR count). The molecule has 4 nitrogen and oxygen atoms in total. The van der Waals surface area contributed by atoms with Crippen LogP contribution in [0.2, 0.25) is 0 Å². The van der Waals surface area contributed by atoms with Gasteiger partial charge in [0.05, 0.1) is 6.20 Å². The van der Waals surface area contributed by atoms with Crippen molar-refractivity contribution in [2.75, 3.05) is 6.54 Å². The summed E-state index contributed by atoms with van der Waals surface area (Å²) in [6.07, 6.45) is 6.30. The zero-order chi connectivity index (χ0) is 10.4. The molecule has 1 N–H and O–H groups in total. The Hall–Kier alpha value is -1.58. The molecular weight excluding hydrogens is 180 g/mol. The molecule has 1 aromatic rings. The fraction of sp³-hybridized carbons (Fsp3) is 0.400. The van der Waals surface area contributed by atoms with Gasteiger partial charge in [0.1, 0.15) is 0 Å². The van der Waals surface area contributed by atoms with Crippen LogP contribution in [0.1, 0.15) is 29.5 Å². The monoisotopic (exact) mass is 194 g/mol. The Morgan fingerprint density at radius 3 is 3.07 bits per heavy atom. The van der Waals surface area contributed by atoms with Gasteiger partial charge in [0, 0.05) is 12.1 Å². The van der Waals surface area contributed by atoms with Crippen LogP contribution in [0.4, 0.5) is 0 Å². The van der Waals surface area contributed by atoms with Gasteiger partial charge >= 0.3 is 0 Å². The number of aryl methyl sites for hydroxylation is 1. The van der Waals surface area contributed by atoms with Crippen LogP contribution in [0.15, 0.2) is 22.9 Å². The van der Waals surface area contributed by atoms with Gasteiger partial charge in [0.25, 0.3) is 5.91 Å². The summed E-state index contributed by atoms with van der Waals surface area (Å²) in [5.41, 5.74) is 0.758. The van der Waals surface area contributed by atoms with Gasteiger partial charge in [0.2, 0.25) is 5.76 Å². The molecule has 0 saturated heterocycles. The highest BCUT2D eigenvalue weighted by molar-refractivity contribution is 5.92. The maximum absolute atomic E-state index is 11.4. The summed E-state index contributed by atoms with van der Waals surface area (Å²) in [7, 11) is 0. The molecule has 0 aliphatic rings. The smallest absolute Gasteiger partial charge is 0.290 e. The van der Waals surface area contributed by atoms with Crippen molar-refractivity contribution in [3.63, 3.8) is 0 Å². The summed E-state index contributed by atoms with van der Waals surface area (Å²) in [5, 5.41) is 6.27. The van der Waals surface area contributed by atoms with Crippen molar-refractivity contribution in [3.05, 3.63) is 29.7 Å². The third-order valence-electron chi connectivity index (χ3n) is 1.79. The van der Waals surface area contributed by atoms with E-state index in [1.165, 1.54) is 6.20 Å². The Morgan fingerprint density at radius 1 is 1.71 bits per heavy atom. The molecule has 0 aliphatic heterocycles. The summed E-state index contributed by atoms with van der Waals surface area (Å²) in [4.78, 5) is 11.4. The third kappa shape index (κ3) is 2.73. The minimum absolute atomic E-state index is 0.204. The Kier molecular flexibility index (Phi) is 3.91. The van der Waals surface area contributed by atoms with Crippen LogP contribution in [0, 0.1) is 6.92 Å². The fourth-order valence-electron chi connectivity index (χ4n) is 1.03. The topological polar surface area (TPSA) is 55.1 Å². The van der Waals surface area contributed by atoms with Crippen LogP contribution in [-0.2, 0) is 0 Å². The van der Waals surface area contributed by atoms with Crippen molar-refractivity contribution < 1.29 is 9.32 Å². The Morgan fingerprint density at radius 2 is 2.50 bits per heavy atom. The molecule has 0 saturated carbocycles. The van der Waals surface area contributed by atoms with E-state index in [0.717, 1.165) is 12.0 Å². The highest BCUT2D eigenvalue weighted by Gasteiger charge is 2.12. The highest BCUT2D eigenvalue weighted by Crippen LogP contribution is 2.04. The van der Waals surface area contributed by atoms with E-state index in [9.17, 15) is 4.79 Å². The molecule has 4 heteroatoms. The molecule has 76 valence electrons. The van der Waals surface area contributed by atoms with Gasteiger partial charge in [-0.25, -0.2) is 0 Å². The van der Waals surface area contributed by atoms with Gasteiger partial charge in [0.15, 0.2) is 0 Å². The zero-order valence-corrected chi connectivity index (χ0v) is 8.41. The lowest BCUT2D eigenvalue weighted by atomic mass is 10.3. The maximum Gasteiger partial charge on any atom is 0.290 e. The van der Waals surface area contributed by atoms with Crippen molar-refractivity contribution in [1.82, 2.24) is 10.5 Å². The molecule has 0 bridgehead atoms. The Bertz CT molecular complexity index is 329. The predicted octanol–water partition coefficient (Wildman–Crippen LogP) is 1.68. The Labute approximate surface area is 83.0 Å². The molecule has 0 fully saturated rings. The second-order valence-corrected chi connectivity index (χ2v) is 2.95. The van der Waals surface area contributed by atoms with E-state index in [4.69, 9.17) is 4.52 Å². The van der Waals surface area contributed by atoms with Gasteiger partial charge in [-0.2, -0.15) is 0 Å². The van der Waals surface area contributed by atoms with Crippen LogP contribution in [0.25, 0.3) is 0 Å². The van der Waals surface area contributed by atoms with Crippen LogP contribution in [0.5, 0.6) is 0 Å². The third-order valence-corrected chi connectivity index (χ3v) is 1.79. The molecule has 0 radical (unpaired) electrons. The number of carbonyl (C=O) groups excluding carboxylic acids is 1. The number of hydrogen-bond acceptors (Lipinski definition) is 3. The van der Waals surface area contributed by atoms with Crippen molar-refractivity contribution in [3.8, 4) is 0 Å². The number of allylic oxidation sites excluding steroid dienone is 1. The second-order valence-electron chi connectivity index (χ2n) is 2.95. The molecule has 14 heavy (non-hydrogen) atoms. The van der Waals surface area contributed by atoms with E-state index in [-0.39, 0.29) is 5.91 Å². The summed E-state index contributed by atoms with van der Waals surface area (Å²) < 4.78 is 4.80. The molecule has 0 unspecified atom stereocenters. The normalized spacial score (nSPS) is 10.7. The van der Waals surface area contributed by atoms with Gasteiger partial charge in [-0.3, -0.25) is 4.79 Å². The van der Waals surface area contributed by atoms with E-state index in [1.54, 1.807) is 6.92 Å². The lowest BCUT2D eigenvalue weighted by molar-refractivity contribution is 0.0916. The van der Waals surface area contributed by atoms with Crippen LogP contribution < -0.4 is 5.32 Å². The van der Waals surface area contributed by atoms with E-state index < -0.39 is 0 Å². The summed E-state index contributed by atoms with van der Waals surface area (Å²) in [6, 6.07) is 0. The minimum Gasteiger partial charge on any atom is -0.351 e. The Balaban J connectivity index is 2.40. The molecule has 1 heterocycles. The maximum atomic E-state index is 11.4. The van der Waals surface area contributed by atoms with Crippen molar-refractivity contribution in [2.45, 2.75) is 20.3 Å². The van der Waals surface area contributed by atoms with Crippen LogP contribution in [-0.4, -0.2) is 17.6 Å². The van der Waals surface area contributed by atoms with Gasteiger partial charge in [-0.05, 0) is 20.3 Å². The van der Waals surface area contributed by atoms with Crippen molar-refractivity contribution in [1.29, 1.82) is 0 Å². The summed E-state index contributed by atoms with van der Waals surface area (Å²) in [6.45, 7) is 4.35. The second kappa shape index (κ2) is 5.21. The first-order valence-electron chi connectivity index (χ1n) is 4.56. The van der Waals surface area contributed by atoms with Gasteiger partial charge < -0.3 is 9.84 Å². The van der Waals surface area contributed by atoms with Crippen LogP contribution >= 0.6 is 0 Å². The van der Waals surface area contributed by atoms with Gasteiger partial charge in [-0.15, -0.1) is 0 Å². The number of carbonyl (C=O) groups is 1. The summed E-state index contributed by atoms with van der Waals surface area (Å²) >= 11 is 0. The number of nitrogens with zero attached hydrogens (tertiary/aromatic N) is 1. The molecule has 0 aromatic carbocycles. The molecule has 1 aromatic heterocycles. The minimum atomic E-state index is -0.204. The van der Waals surface area contributed by atoms with Crippen molar-refractivity contribution >= 4 is 5.91 Å². The predicted molar refractivity (Wildman–Crippen MR) is 53.0 cm³/mol. The van der Waals surface area contributed by atoms with Crippen LogP contribution in [0.3, 0.4) is 0 Å². The van der Waals surface area contributed by atoms with Gasteiger partial charge in [-0.1, -0.05) is 17.3 Å². The fourth-order valence-corrected chi connectivity index (χ4v) is 1.03. The average molecular weight is 194 g/mol. The van der Waals surface area contributed by atoms with E-state index in [0.29, 0.717) is 12.3 Å². The first-order valence-corrected chi connectivity index (χ1v) is 4.56. The quantitative estimate of drug-likeness (QED) is 0.586. The molecule has 0 atom stereocenters.